The predicted octanol–water partition coefficient (Wildman–Crippen LogP) is 4.33. The highest BCUT2D eigenvalue weighted by Crippen LogP contribution is 2.28. The molecule has 0 unspecified atom stereocenters. The fourth-order valence-corrected chi connectivity index (χ4v) is 4.02. The van der Waals surface area contributed by atoms with Crippen molar-refractivity contribution in [1.29, 1.82) is 0 Å². The number of benzodiazepines with no additional fused rings is 1. The van der Waals surface area contributed by atoms with Gasteiger partial charge in [0.2, 0.25) is 6.17 Å². The Hall–Kier alpha value is -3.78. The third kappa shape index (κ3) is 3.48. The van der Waals surface area contributed by atoms with E-state index in [1.807, 2.05) is 73.7 Å². The van der Waals surface area contributed by atoms with Gasteiger partial charge in [0.05, 0.1) is 16.3 Å². The van der Waals surface area contributed by atoms with Crippen molar-refractivity contribution < 1.29 is 9.21 Å². The Labute approximate surface area is 176 Å². The van der Waals surface area contributed by atoms with Crippen LogP contribution in [0.5, 0.6) is 0 Å². The first-order chi connectivity index (χ1) is 14.7. The van der Waals surface area contributed by atoms with Gasteiger partial charge in [0.1, 0.15) is 0 Å². The van der Waals surface area contributed by atoms with Crippen molar-refractivity contribution >= 4 is 34.7 Å². The van der Waals surface area contributed by atoms with Crippen molar-refractivity contribution in [2.45, 2.75) is 13.1 Å². The van der Waals surface area contributed by atoms with Gasteiger partial charge >= 0.3 is 6.01 Å². The second-order valence-corrected chi connectivity index (χ2v) is 8.04. The first-order valence-electron chi connectivity index (χ1n) is 9.38. The molecule has 0 aliphatic carbocycles. The average Bonchev–Trinajstić information content (AvgIpc) is 3.38. The third-order valence-electron chi connectivity index (χ3n) is 4.63. The van der Waals surface area contributed by atoms with Crippen LogP contribution in [-0.2, 0) is 4.79 Å². The molecule has 1 amide bonds. The molecule has 0 fully saturated rings. The maximum absolute atomic E-state index is 12.9. The normalized spacial score (nSPS) is 15.7. The topological polar surface area (TPSA) is 92.4 Å². The van der Waals surface area contributed by atoms with Gasteiger partial charge in [0.15, 0.2) is 0 Å². The molecule has 2 N–H and O–H groups in total. The largest absolute Gasteiger partial charge is 0.402 e. The Morgan fingerprint density at radius 2 is 1.80 bits per heavy atom. The lowest BCUT2D eigenvalue weighted by Crippen LogP contribution is -2.32. The molecule has 5 rings (SSSR count). The lowest BCUT2D eigenvalue weighted by Gasteiger charge is -2.11. The second-order valence-electron chi connectivity index (χ2n) is 6.75. The zero-order valence-electron chi connectivity index (χ0n) is 16.0. The standard InChI is InChI=1S/C22H17N5O2S/c1-13-11-12-17(30-13)21-26-27-22(29-21)25-19-20(28)23-16-10-6-5-9-15(16)18(24-19)14-7-3-2-4-8-14/h2-12,19H,1H3,(H,23,28)(H,25,27)/t19-/m1/s1. The molecule has 0 radical (unpaired) electrons. The van der Waals surface area contributed by atoms with Gasteiger partial charge in [-0.3, -0.25) is 4.79 Å². The number of fused-ring (bicyclic) bond motifs is 1. The number of nitrogens with one attached hydrogen (secondary N) is 2. The third-order valence-corrected chi connectivity index (χ3v) is 5.62. The van der Waals surface area contributed by atoms with Gasteiger partial charge in [0, 0.05) is 16.0 Å². The number of carbonyl (C=O) groups excluding carboxylic acids is 1. The van der Waals surface area contributed by atoms with E-state index in [0.717, 1.165) is 20.9 Å². The van der Waals surface area contributed by atoms with Gasteiger partial charge in [-0.1, -0.05) is 53.6 Å². The Morgan fingerprint density at radius 1 is 1.00 bits per heavy atom. The number of rotatable bonds is 4. The van der Waals surface area contributed by atoms with Gasteiger partial charge in [-0.25, -0.2) is 4.99 Å². The number of hydrogen-bond acceptors (Lipinski definition) is 7. The van der Waals surface area contributed by atoms with Crippen LogP contribution >= 0.6 is 11.3 Å². The molecule has 2 aromatic carbocycles. The first kappa shape index (κ1) is 18.3. The van der Waals surface area contributed by atoms with E-state index >= 15 is 0 Å². The number of anilines is 2. The Morgan fingerprint density at radius 3 is 2.60 bits per heavy atom. The summed E-state index contributed by atoms with van der Waals surface area (Å²) in [6, 6.07) is 21.4. The summed E-state index contributed by atoms with van der Waals surface area (Å²) in [6.07, 6.45) is -0.925. The van der Waals surface area contributed by atoms with E-state index < -0.39 is 6.17 Å². The van der Waals surface area contributed by atoms with Gasteiger partial charge in [-0.15, -0.1) is 16.4 Å². The molecule has 0 saturated carbocycles. The quantitative estimate of drug-likeness (QED) is 0.517. The monoisotopic (exact) mass is 415 g/mol. The summed E-state index contributed by atoms with van der Waals surface area (Å²) in [5, 5.41) is 14.0. The van der Waals surface area contributed by atoms with E-state index in [2.05, 4.69) is 20.8 Å². The number of benzene rings is 2. The molecule has 0 spiro atoms. The van der Waals surface area contributed by atoms with Crippen LogP contribution in [0.25, 0.3) is 10.8 Å². The van der Waals surface area contributed by atoms with E-state index in [0.29, 0.717) is 17.3 Å². The van der Waals surface area contributed by atoms with E-state index in [4.69, 9.17) is 9.41 Å². The molecule has 2 aromatic heterocycles. The molecule has 8 heteroatoms. The van der Waals surface area contributed by atoms with Crippen LogP contribution in [-0.4, -0.2) is 28.0 Å². The van der Waals surface area contributed by atoms with E-state index in [1.165, 1.54) is 0 Å². The van der Waals surface area contributed by atoms with Crippen molar-refractivity contribution in [3.05, 3.63) is 82.7 Å². The number of aryl methyl sites for hydroxylation is 1. The van der Waals surface area contributed by atoms with Crippen LogP contribution in [0.2, 0.25) is 0 Å². The molecule has 0 saturated heterocycles. The summed E-state index contributed by atoms with van der Waals surface area (Å²) < 4.78 is 5.72. The number of thiophene rings is 1. The summed E-state index contributed by atoms with van der Waals surface area (Å²) in [4.78, 5) is 19.6. The molecule has 30 heavy (non-hydrogen) atoms. The SMILES string of the molecule is Cc1ccc(-c2nnc(N[C@H]3N=C(c4ccccc4)c4ccccc4NC3=O)o2)s1. The highest BCUT2D eigenvalue weighted by Gasteiger charge is 2.27. The summed E-state index contributed by atoms with van der Waals surface area (Å²) in [7, 11) is 0. The smallest absolute Gasteiger partial charge is 0.317 e. The highest BCUT2D eigenvalue weighted by atomic mass is 32.1. The van der Waals surface area contributed by atoms with Crippen molar-refractivity contribution in [2.75, 3.05) is 10.6 Å². The van der Waals surface area contributed by atoms with Gasteiger partial charge in [-0.2, -0.15) is 0 Å². The molecule has 1 aliphatic rings. The van der Waals surface area contributed by atoms with Gasteiger partial charge in [0.25, 0.3) is 11.8 Å². The molecule has 148 valence electrons. The maximum Gasteiger partial charge on any atom is 0.317 e. The summed E-state index contributed by atoms with van der Waals surface area (Å²) in [5.74, 6) is 0.0975. The molecule has 0 bridgehead atoms. The minimum absolute atomic E-state index is 0.137. The minimum atomic E-state index is -0.925. The van der Waals surface area contributed by atoms with Crippen LogP contribution in [0.4, 0.5) is 11.7 Å². The highest BCUT2D eigenvalue weighted by molar-refractivity contribution is 7.15. The van der Waals surface area contributed by atoms with Crippen molar-refractivity contribution in [3.63, 3.8) is 0 Å². The predicted molar refractivity (Wildman–Crippen MR) is 117 cm³/mol. The van der Waals surface area contributed by atoms with Crippen LogP contribution in [0, 0.1) is 6.92 Å². The van der Waals surface area contributed by atoms with Gasteiger partial charge in [-0.05, 0) is 25.1 Å². The molecular formula is C22H17N5O2S. The molecular weight excluding hydrogens is 398 g/mol. The second kappa shape index (κ2) is 7.57. The molecule has 1 aliphatic heterocycles. The van der Waals surface area contributed by atoms with E-state index in [1.54, 1.807) is 11.3 Å². The van der Waals surface area contributed by atoms with Crippen molar-refractivity contribution in [3.8, 4) is 10.8 Å². The summed E-state index contributed by atoms with van der Waals surface area (Å²) in [6.45, 7) is 2.01. The van der Waals surface area contributed by atoms with Crippen molar-refractivity contribution in [1.82, 2.24) is 10.2 Å². The molecule has 1 atom stereocenters. The summed E-state index contributed by atoms with van der Waals surface area (Å²) >= 11 is 1.56. The Bertz CT molecular complexity index is 1250. The molecule has 3 heterocycles. The number of nitrogens with zero attached hydrogens (tertiary/aromatic N) is 3. The number of para-hydroxylation sites is 1. The number of carbonyl (C=O) groups is 1. The number of amides is 1. The number of hydrogen-bond donors (Lipinski definition) is 2. The fourth-order valence-electron chi connectivity index (χ4n) is 3.23. The lowest BCUT2D eigenvalue weighted by molar-refractivity contribution is -0.116. The average molecular weight is 415 g/mol. The first-order valence-corrected chi connectivity index (χ1v) is 10.2. The lowest BCUT2D eigenvalue weighted by atomic mass is 10.0. The summed E-state index contributed by atoms with van der Waals surface area (Å²) in [5.41, 5.74) is 3.17. The number of aromatic nitrogens is 2. The Kier molecular flexibility index (Phi) is 4.61. The zero-order chi connectivity index (χ0) is 20.5. The van der Waals surface area contributed by atoms with Crippen molar-refractivity contribution in [2.24, 2.45) is 4.99 Å². The van der Waals surface area contributed by atoms with Crippen LogP contribution < -0.4 is 10.6 Å². The van der Waals surface area contributed by atoms with Crippen LogP contribution in [0.15, 0.2) is 76.1 Å². The zero-order valence-corrected chi connectivity index (χ0v) is 16.8. The molecule has 4 aromatic rings. The molecule has 7 nitrogen and oxygen atoms in total. The minimum Gasteiger partial charge on any atom is -0.402 e. The maximum atomic E-state index is 12.9. The van der Waals surface area contributed by atoms with Gasteiger partial charge < -0.3 is 15.1 Å². The van der Waals surface area contributed by atoms with E-state index in [9.17, 15) is 4.79 Å². The number of aliphatic imine (C=N–C) groups is 1. The van der Waals surface area contributed by atoms with Crippen LogP contribution in [0.3, 0.4) is 0 Å². The van der Waals surface area contributed by atoms with E-state index in [-0.39, 0.29) is 11.9 Å². The fraction of sp³-hybridized carbons (Fsp3) is 0.0909. The Balaban J connectivity index is 1.51. The van der Waals surface area contributed by atoms with Crippen LogP contribution in [0.1, 0.15) is 16.0 Å².